The van der Waals surface area contributed by atoms with Crippen LogP contribution in [0.2, 0.25) is 0 Å². The van der Waals surface area contributed by atoms with E-state index in [2.05, 4.69) is 42.2 Å². The van der Waals surface area contributed by atoms with E-state index in [1.54, 1.807) is 7.11 Å². The molecule has 0 saturated carbocycles. The predicted octanol–water partition coefficient (Wildman–Crippen LogP) is 3.73. The molecule has 2 heterocycles. The van der Waals surface area contributed by atoms with Crippen molar-refractivity contribution in [3.05, 3.63) is 59.2 Å². The van der Waals surface area contributed by atoms with E-state index in [0.29, 0.717) is 6.61 Å². The fraction of sp³-hybridized carbons (Fsp3) is 0.381. The third kappa shape index (κ3) is 3.27. The average molecular weight is 352 g/mol. The van der Waals surface area contributed by atoms with Crippen molar-refractivity contribution in [1.82, 2.24) is 4.90 Å². The first kappa shape index (κ1) is 16.9. The van der Waals surface area contributed by atoms with Crippen LogP contribution in [0.15, 0.2) is 42.5 Å². The molecule has 1 amide bonds. The number of hydrogen-bond donors (Lipinski definition) is 0. The van der Waals surface area contributed by atoms with Crippen LogP contribution in [-0.2, 0) is 17.8 Å². The van der Waals surface area contributed by atoms with Gasteiger partial charge in [0.15, 0.2) is 0 Å². The normalized spacial score (nSPS) is 20.0. The molecule has 0 aromatic heterocycles. The molecule has 1 atom stereocenters. The van der Waals surface area contributed by atoms with Crippen molar-refractivity contribution < 1.29 is 14.3 Å². The van der Waals surface area contributed by atoms with Gasteiger partial charge in [-0.05, 0) is 48.2 Å². The number of carbonyl (C=O) groups excluding carboxylic acids is 1. The average Bonchev–Trinajstić information content (AvgIpc) is 3.00. The molecule has 26 heavy (non-hydrogen) atoms. The molecule has 5 heteroatoms. The number of anilines is 1. The van der Waals surface area contributed by atoms with E-state index >= 15 is 0 Å². The number of fused-ring (bicyclic) bond motifs is 3. The Morgan fingerprint density at radius 1 is 1.19 bits per heavy atom. The molecule has 0 radical (unpaired) electrons. The first-order valence-corrected chi connectivity index (χ1v) is 9.05. The maximum Gasteiger partial charge on any atom is 0.414 e. The van der Waals surface area contributed by atoms with E-state index in [1.165, 1.54) is 11.1 Å². The molecule has 1 fully saturated rings. The summed E-state index contributed by atoms with van der Waals surface area (Å²) in [5.74, 6) is 0.875. The maximum absolute atomic E-state index is 12.3. The molecule has 0 N–H and O–H groups in total. The van der Waals surface area contributed by atoms with Crippen molar-refractivity contribution in [2.45, 2.75) is 32.5 Å². The number of rotatable bonds is 3. The lowest BCUT2D eigenvalue weighted by molar-refractivity contribution is 0.177. The monoisotopic (exact) mass is 352 g/mol. The zero-order chi connectivity index (χ0) is 18.1. The van der Waals surface area contributed by atoms with Crippen molar-refractivity contribution in [3.63, 3.8) is 0 Å². The van der Waals surface area contributed by atoms with Gasteiger partial charge in [-0.15, -0.1) is 0 Å². The molecule has 2 aliphatic rings. The number of nitrogens with zero attached hydrogens (tertiary/aromatic N) is 2. The van der Waals surface area contributed by atoms with Gasteiger partial charge in [-0.3, -0.25) is 9.80 Å². The maximum atomic E-state index is 12.3. The van der Waals surface area contributed by atoms with Gasteiger partial charge in [0.05, 0.1) is 18.8 Å². The summed E-state index contributed by atoms with van der Waals surface area (Å²) in [5.41, 5.74) is 4.59. The van der Waals surface area contributed by atoms with Crippen LogP contribution in [0.1, 0.15) is 23.1 Å². The van der Waals surface area contributed by atoms with E-state index < -0.39 is 0 Å². The summed E-state index contributed by atoms with van der Waals surface area (Å²) >= 11 is 0. The molecule has 0 spiro atoms. The molecular weight excluding hydrogens is 328 g/mol. The van der Waals surface area contributed by atoms with Crippen molar-refractivity contribution in [3.8, 4) is 5.75 Å². The summed E-state index contributed by atoms with van der Waals surface area (Å²) in [6.07, 6.45) is 0.695. The molecule has 0 bridgehead atoms. The van der Waals surface area contributed by atoms with Gasteiger partial charge in [-0.1, -0.05) is 24.3 Å². The van der Waals surface area contributed by atoms with E-state index in [-0.39, 0.29) is 12.1 Å². The second kappa shape index (κ2) is 7.00. The zero-order valence-electron chi connectivity index (χ0n) is 15.3. The van der Waals surface area contributed by atoms with Gasteiger partial charge in [0.2, 0.25) is 0 Å². The largest absolute Gasteiger partial charge is 0.497 e. The number of methoxy groups -OCH3 is 1. The van der Waals surface area contributed by atoms with Gasteiger partial charge < -0.3 is 9.47 Å². The van der Waals surface area contributed by atoms with Gasteiger partial charge in [0.1, 0.15) is 12.4 Å². The fourth-order valence-electron chi connectivity index (χ4n) is 3.78. The highest BCUT2D eigenvalue weighted by Crippen LogP contribution is 2.32. The van der Waals surface area contributed by atoms with Crippen molar-refractivity contribution in [2.75, 3.05) is 25.2 Å². The quantitative estimate of drug-likeness (QED) is 0.844. The Labute approximate surface area is 154 Å². The highest BCUT2D eigenvalue weighted by molar-refractivity contribution is 5.91. The van der Waals surface area contributed by atoms with Crippen LogP contribution >= 0.6 is 0 Å². The summed E-state index contributed by atoms with van der Waals surface area (Å²) in [6.45, 7) is 5.15. The molecule has 2 aromatic rings. The molecule has 4 rings (SSSR count). The lowest BCUT2D eigenvalue weighted by Gasteiger charge is -2.32. The van der Waals surface area contributed by atoms with Crippen molar-refractivity contribution in [2.24, 2.45) is 0 Å². The Bertz CT molecular complexity index is 803. The Morgan fingerprint density at radius 3 is 2.77 bits per heavy atom. The smallest absolute Gasteiger partial charge is 0.414 e. The number of cyclic esters (lactones) is 1. The summed E-state index contributed by atoms with van der Waals surface area (Å²) < 4.78 is 10.6. The summed E-state index contributed by atoms with van der Waals surface area (Å²) in [6, 6.07) is 14.7. The third-order valence-corrected chi connectivity index (χ3v) is 5.20. The van der Waals surface area contributed by atoms with Crippen molar-refractivity contribution in [1.29, 1.82) is 0 Å². The van der Waals surface area contributed by atoms with Gasteiger partial charge in [-0.2, -0.15) is 0 Å². The highest BCUT2D eigenvalue weighted by Gasteiger charge is 2.37. The summed E-state index contributed by atoms with van der Waals surface area (Å²) in [4.78, 5) is 16.6. The minimum absolute atomic E-state index is 0.113. The van der Waals surface area contributed by atoms with Gasteiger partial charge in [0, 0.05) is 19.6 Å². The lowest BCUT2D eigenvalue weighted by Crippen LogP contribution is -2.40. The minimum atomic E-state index is -0.217. The van der Waals surface area contributed by atoms with Crippen LogP contribution in [0.5, 0.6) is 5.75 Å². The Kier molecular flexibility index (Phi) is 4.55. The topological polar surface area (TPSA) is 42.0 Å². The number of benzene rings is 2. The number of aryl methyl sites for hydroxylation is 1. The molecule has 136 valence electrons. The third-order valence-electron chi connectivity index (χ3n) is 5.20. The van der Waals surface area contributed by atoms with E-state index in [9.17, 15) is 4.79 Å². The van der Waals surface area contributed by atoms with Crippen molar-refractivity contribution >= 4 is 11.8 Å². The Hall–Kier alpha value is -2.53. The first-order valence-electron chi connectivity index (χ1n) is 9.05. The standard InChI is InChI=1S/C21H24N2O3/c1-15-3-6-17-13-22(12-16-4-7-19(25-2)8-5-16)10-9-18-14-26-21(24)23(18)20(17)11-15/h3-8,11,18H,9-10,12-14H2,1-2H3/t18-/m0/s1. The predicted molar refractivity (Wildman–Crippen MR) is 101 cm³/mol. The molecule has 2 aromatic carbocycles. The van der Waals surface area contributed by atoms with Gasteiger partial charge in [-0.25, -0.2) is 4.79 Å². The van der Waals surface area contributed by atoms with E-state index in [1.807, 2.05) is 17.0 Å². The molecule has 0 unspecified atom stereocenters. The molecule has 2 aliphatic heterocycles. The molecule has 5 nitrogen and oxygen atoms in total. The summed E-state index contributed by atoms with van der Waals surface area (Å²) in [7, 11) is 1.68. The van der Waals surface area contributed by atoms with Crippen LogP contribution in [0, 0.1) is 6.92 Å². The molecular formula is C21H24N2O3. The van der Waals surface area contributed by atoms with Crippen LogP contribution in [0.3, 0.4) is 0 Å². The van der Waals surface area contributed by atoms with Gasteiger partial charge >= 0.3 is 6.09 Å². The lowest BCUT2D eigenvalue weighted by atomic mass is 10.0. The second-order valence-corrected chi connectivity index (χ2v) is 7.08. The van der Waals surface area contributed by atoms with E-state index in [0.717, 1.165) is 43.1 Å². The van der Waals surface area contributed by atoms with Crippen LogP contribution in [0.25, 0.3) is 0 Å². The Balaban J connectivity index is 1.61. The fourth-order valence-corrected chi connectivity index (χ4v) is 3.78. The molecule has 0 aliphatic carbocycles. The number of ether oxygens (including phenoxy) is 2. The second-order valence-electron chi connectivity index (χ2n) is 7.08. The highest BCUT2D eigenvalue weighted by atomic mass is 16.6. The summed E-state index contributed by atoms with van der Waals surface area (Å²) in [5, 5.41) is 0. The molecule has 1 saturated heterocycles. The van der Waals surface area contributed by atoms with Crippen LogP contribution < -0.4 is 9.64 Å². The van der Waals surface area contributed by atoms with E-state index in [4.69, 9.17) is 9.47 Å². The number of amides is 1. The SMILES string of the molecule is COc1ccc(CN2CC[C@H]3COC(=O)N3c3cc(C)ccc3C2)cc1. The first-order chi connectivity index (χ1) is 12.6. The minimum Gasteiger partial charge on any atom is -0.497 e. The van der Waals surface area contributed by atoms with Crippen LogP contribution in [-0.4, -0.2) is 37.3 Å². The Morgan fingerprint density at radius 2 is 2.00 bits per heavy atom. The number of hydrogen-bond acceptors (Lipinski definition) is 4. The zero-order valence-corrected chi connectivity index (χ0v) is 15.3. The van der Waals surface area contributed by atoms with Gasteiger partial charge in [0.25, 0.3) is 0 Å². The number of carbonyl (C=O) groups is 1. The van der Waals surface area contributed by atoms with Crippen LogP contribution in [0.4, 0.5) is 10.5 Å².